The fourth-order valence-corrected chi connectivity index (χ4v) is 8.12. The molecule has 0 saturated carbocycles. The van der Waals surface area contributed by atoms with Crippen LogP contribution in [0.3, 0.4) is 0 Å². The molecule has 7 aromatic rings. The van der Waals surface area contributed by atoms with E-state index in [0.717, 1.165) is 44.3 Å². The first-order valence-electron chi connectivity index (χ1n) is 14.8. The maximum absolute atomic E-state index is 5.54. The zero-order valence-corrected chi connectivity index (χ0v) is 24.1. The van der Waals surface area contributed by atoms with Gasteiger partial charge in [-0.2, -0.15) is 0 Å². The van der Waals surface area contributed by atoms with E-state index < -0.39 is 0 Å². The van der Waals surface area contributed by atoms with Crippen LogP contribution in [0.1, 0.15) is 11.5 Å². The predicted octanol–water partition coefficient (Wildman–Crippen LogP) is 10.6. The van der Waals surface area contributed by atoms with E-state index in [1.54, 1.807) is 0 Å². The highest BCUT2D eigenvalue weighted by Crippen LogP contribution is 2.50. The van der Waals surface area contributed by atoms with E-state index in [2.05, 4.69) is 146 Å². The molecule has 202 valence electrons. The van der Waals surface area contributed by atoms with Crippen LogP contribution in [-0.4, -0.2) is 15.2 Å². The molecule has 0 fully saturated rings. The highest BCUT2D eigenvalue weighted by molar-refractivity contribution is 8.00. The second-order valence-electron chi connectivity index (χ2n) is 11.3. The summed E-state index contributed by atoms with van der Waals surface area (Å²) in [5.41, 5.74) is 9.63. The summed E-state index contributed by atoms with van der Waals surface area (Å²) in [5, 5.41) is 5.13. The zero-order valence-electron chi connectivity index (χ0n) is 23.3. The van der Waals surface area contributed by atoms with Crippen molar-refractivity contribution in [3.63, 3.8) is 0 Å². The van der Waals surface area contributed by atoms with Crippen molar-refractivity contribution in [2.24, 2.45) is 0 Å². The first-order chi connectivity index (χ1) is 21.3. The van der Waals surface area contributed by atoms with Gasteiger partial charge in [0.25, 0.3) is 0 Å². The fraction of sp³-hybridized carbons (Fsp3) is 0.0500. The van der Waals surface area contributed by atoms with Crippen LogP contribution in [0.25, 0.3) is 66.2 Å². The van der Waals surface area contributed by atoms with Crippen molar-refractivity contribution in [1.29, 1.82) is 0 Å². The minimum Gasteiger partial charge on any atom is -0.243 e. The second-order valence-corrected chi connectivity index (χ2v) is 12.5. The maximum Gasteiger partial charge on any atom is 0.0979 e. The molecule has 1 aromatic heterocycles. The van der Waals surface area contributed by atoms with Gasteiger partial charge in [-0.05, 0) is 39.6 Å². The van der Waals surface area contributed by atoms with Gasteiger partial charge in [-0.15, -0.1) is 11.8 Å². The van der Waals surface area contributed by atoms with Gasteiger partial charge in [0.2, 0.25) is 0 Å². The minimum absolute atomic E-state index is 0.414. The Morgan fingerprint density at radius 1 is 0.488 bits per heavy atom. The van der Waals surface area contributed by atoms with Crippen LogP contribution < -0.4 is 0 Å². The van der Waals surface area contributed by atoms with Crippen LogP contribution in [0.2, 0.25) is 0 Å². The van der Waals surface area contributed by atoms with Gasteiger partial charge < -0.3 is 0 Å². The van der Waals surface area contributed by atoms with Crippen molar-refractivity contribution in [2.75, 3.05) is 0 Å². The van der Waals surface area contributed by atoms with Crippen LogP contribution in [0.5, 0.6) is 0 Å². The molecule has 0 bridgehead atoms. The van der Waals surface area contributed by atoms with Gasteiger partial charge >= 0.3 is 0 Å². The molecule has 0 amide bonds. The van der Waals surface area contributed by atoms with Gasteiger partial charge in [0.15, 0.2) is 0 Å². The molecule has 3 heteroatoms. The molecule has 1 aliphatic heterocycles. The lowest BCUT2D eigenvalue weighted by atomic mass is 9.88. The first kappa shape index (κ1) is 24.6. The van der Waals surface area contributed by atoms with Gasteiger partial charge in [0.05, 0.1) is 22.4 Å². The van der Waals surface area contributed by atoms with Gasteiger partial charge in [-0.1, -0.05) is 133 Å². The minimum atomic E-state index is 0.414. The third-order valence-electron chi connectivity index (χ3n) is 8.81. The maximum atomic E-state index is 5.54. The predicted molar refractivity (Wildman–Crippen MR) is 182 cm³/mol. The van der Waals surface area contributed by atoms with Crippen LogP contribution in [-0.2, 0) is 0 Å². The smallest absolute Gasteiger partial charge is 0.0979 e. The molecule has 1 aliphatic carbocycles. The average molecular weight is 567 g/mol. The van der Waals surface area contributed by atoms with E-state index >= 15 is 0 Å². The van der Waals surface area contributed by atoms with Crippen molar-refractivity contribution in [3.05, 3.63) is 151 Å². The fourth-order valence-electron chi connectivity index (χ4n) is 6.80. The topological polar surface area (TPSA) is 25.8 Å². The molecule has 0 spiro atoms. The highest BCUT2D eigenvalue weighted by Gasteiger charge is 2.31. The molecule has 2 nitrogen and oxygen atoms in total. The summed E-state index contributed by atoms with van der Waals surface area (Å²) in [6.07, 6.45) is 9.03. The quantitative estimate of drug-likeness (QED) is 0.199. The van der Waals surface area contributed by atoms with Crippen molar-refractivity contribution in [1.82, 2.24) is 9.97 Å². The Morgan fingerprint density at radius 2 is 1.09 bits per heavy atom. The summed E-state index contributed by atoms with van der Waals surface area (Å²) in [4.78, 5) is 12.4. The molecule has 2 atom stereocenters. The Hall–Kier alpha value is -4.99. The van der Waals surface area contributed by atoms with Crippen molar-refractivity contribution in [3.8, 4) is 33.6 Å². The first-order valence-corrected chi connectivity index (χ1v) is 15.6. The summed E-state index contributed by atoms with van der Waals surface area (Å²) in [7, 11) is 0. The van der Waals surface area contributed by atoms with E-state index in [4.69, 9.17) is 9.97 Å². The van der Waals surface area contributed by atoms with Crippen molar-refractivity contribution in [2.45, 2.75) is 16.1 Å². The van der Waals surface area contributed by atoms with E-state index in [1.165, 1.54) is 32.4 Å². The average Bonchev–Trinajstić information content (AvgIpc) is 3.46. The number of thioether (sulfide) groups is 1. The molecule has 6 aromatic carbocycles. The number of rotatable bonds is 3. The Balaban J connectivity index is 1.34. The molecule has 2 heterocycles. The Morgan fingerprint density at radius 3 is 1.84 bits per heavy atom. The molecule has 2 aliphatic rings. The summed E-state index contributed by atoms with van der Waals surface area (Å²) >= 11 is 1.97. The molecular formula is C40H26N2S. The van der Waals surface area contributed by atoms with Crippen LogP contribution in [0.4, 0.5) is 0 Å². The van der Waals surface area contributed by atoms with E-state index in [-0.39, 0.29) is 0 Å². The summed E-state index contributed by atoms with van der Waals surface area (Å²) in [5.74, 6) is 0.414. The van der Waals surface area contributed by atoms with E-state index in [9.17, 15) is 0 Å². The number of fused-ring (bicyclic) bond motifs is 9. The molecule has 0 N–H and O–H groups in total. The summed E-state index contributed by atoms with van der Waals surface area (Å²) in [6.45, 7) is 0. The van der Waals surface area contributed by atoms with E-state index in [1.807, 2.05) is 11.8 Å². The summed E-state index contributed by atoms with van der Waals surface area (Å²) < 4.78 is 0. The van der Waals surface area contributed by atoms with E-state index in [0.29, 0.717) is 11.2 Å². The van der Waals surface area contributed by atoms with Crippen LogP contribution in [0, 0.1) is 0 Å². The van der Waals surface area contributed by atoms with Crippen molar-refractivity contribution < 1.29 is 0 Å². The number of nitrogens with zero attached hydrogens (tertiary/aromatic N) is 2. The largest absolute Gasteiger partial charge is 0.243 e. The monoisotopic (exact) mass is 566 g/mol. The highest BCUT2D eigenvalue weighted by atomic mass is 32.2. The lowest BCUT2D eigenvalue weighted by Gasteiger charge is -2.18. The Bertz CT molecular complexity index is 2280. The SMILES string of the molecule is C1=CC2Sc3ccc(-c4ccccc4-c4nc5c6ccccc6c6ccccc6c5nc4-c4ccccc4)cc3C2C=C1. The number of hydrogen-bond acceptors (Lipinski definition) is 3. The van der Waals surface area contributed by atoms with Gasteiger partial charge in [-0.25, -0.2) is 9.97 Å². The summed E-state index contributed by atoms with van der Waals surface area (Å²) in [6, 6.07) is 43.3. The molecule has 9 rings (SSSR count). The van der Waals surface area contributed by atoms with Gasteiger partial charge in [-0.3, -0.25) is 0 Å². The van der Waals surface area contributed by atoms with Gasteiger partial charge in [0.1, 0.15) is 0 Å². The lowest BCUT2D eigenvalue weighted by molar-refractivity contribution is 0.881. The Labute approximate surface area is 254 Å². The third kappa shape index (κ3) is 3.89. The molecule has 2 unspecified atom stereocenters. The zero-order chi connectivity index (χ0) is 28.3. The number of allylic oxidation sites excluding steroid dienone is 3. The molecule has 0 radical (unpaired) electrons. The van der Waals surface area contributed by atoms with Crippen molar-refractivity contribution >= 4 is 44.3 Å². The standard InChI is InChI=1S/C40H26N2S/c1-2-12-25(13-3-1)37-38(42-40-33-20-9-6-16-29(33)28-15-5-8-19-32(28)39(40)41-37)31-18-7-4-14-27(31)26-22-23-36-34(24-26)30-17-10-11-21-35(30)43-36/h1-24,30,35H. The molecular weight excluding hydrogens is 541 g/mol. The number of benzene rings is 6. The second kappa shape index (κ2) is 9.79. The number of aromatic nitrogens is 2. The lowest BCUT2D eigenvalue weighted by Crippen LogP contribution is -2.06. The van der Waals surface area contributed by atoms with Crippen LogP contribution in [0.15, 0.2) is 151 Å². The van der Waals surface area contributed by atoms with Gasteiger partial charge in [0, 0.05) is 38.0 Å². The van der Waals surface area contributed by atoms with Crippen LogP contribution >= 0.6 is 11.8 Å². The molecule has 0 saturated heterocycles. The number of hydrogen-bond donors (Lipinski definition) is 0. The molecule has 43 heavy (non-hydrogen) atoms. The normalized spacial score (nSPS) is 17.0. The third-order valence-corrected chi connectivity index (χ3v) is 10.2. The Kier molecular flexibility index (Phi) is 5.60.